The molecule has 8 heteroatoms. The summed E-state index contributed by atoms with van der Waals surface area (Å²) < 4.78 is 7.09. The highest BCUT2D eigenvalue weighted by atomic mass is 16.5. The summed E-state index contributed by atoms with van der Waals surface area (Å²) in [6.07, 6.45) is 5.29. The number of aromatic nitrogens is 3. The van der Waals surface area contributed by atoms with Gasteiger partial charge >= 0.3 is 0 Å². The van der Waals surface area contributed by atoms with Crippen LogP contribution in [0.5, 0.6) is 0 Å². The molecule has 8 nitrogen and oxygen atoms in total. The van der Waals surface area contributed by atoms with Crippen LogP contribution in [0.25, 0.3) is 0 Å². The smallest absolute Gasteiger partial charge is 0.253 e. The highest BCUT2D eigenvalue weighted by Gasteiger charge is 2.18. The van der Waals surface area contributed by atoms with E-state index in [1.54, 1.807) is 35.3 Å². The summed E-state index contributed by atoms with van der Waals surface area (Å²) in [5.41, 5.74) is 0.936. The molecular formula is C17H21N5O3. The van der Waals surface area contributed by atoms with Crippen LogP contribution in [0.1, 0.15) is 29.6 Å². The largest absolute Gasteiger partial charge is 0.376 e. The van der Waals surface area contributed by atoms with Gasteiger partial charge in [0.05, 0.1) is 23.9 Å². The van der Waals surface area contributed by atoms with E-state index in [0.717, 1.165) is 19.4 Å². The van der Waals surface area contributed by atoms with Crippen LogP contribution in [0.3, 0.4) is 0 Å². The number of nitrogens with zero attached hydrogens (tertiary/aromatic N) is 3. The molecule has 2 aromatic rings. The van der Waals surface area contributed by atoms with Crippen molar-refractivity contribution in [3.8, 4) is 0 Å². The molecule has 1 aromatic carbocycles. The third kappa shape index (κ3) is 4.87. The van der Waals surface area contributed by atoms with Crippen molar-refractivity contribution in [3.63, 3.8) is 0 Å². The Labute approximate surface area is 145 Å². The average molecular weight is 343 g/mol. The van der Waals surface area contributed by atoms with E-state index in [2.05, 4.69) is 20.7 Å². The molecule has 1 aliphatic rings. The summed E-state index contributed by atoms with van der Waals surface area (Å²) in [5.74, 6) is -0.405. The molecule has 1 fully saturated rings. The predicted octanol–water partition coefficient (Wildman–Crippen LogP) is 1.22. The van der Waals surface area contributed by atoms with E-state index in [4.69, 9.17) is 4.74 Å². The van der Waals surface area contributed by atoms with Gasteiger partial charge in [-0.3, -0.25) is 14.3 Å². The Morgan fingerprint density at radius 3 is 2.96 bits per heavy atom. The average Bonchev–Trinajstić information content (AvgIpc) is 3.32. The summed E-state index contributed by atoms with van der Waals surface area (Å²) in [7, 11) is 0. The number of amides is 2. The van der Waals surface area contributed by atoms with Crippen LogP contribution in [0.15, 0.2) is 36.9 Å². The zero-order valence-electron chi connectivity index (χ0n) is 13.9. The Balaban J connectivity index is 1.55. The number of benzene rings is 1. The molecule has 1 aromatic heterocycles. The number of carbonyl (C=O) groups is 2. The normalized spacial score (nSPS) is 16.6. The number of hydrogen-bond acceptors (Lipinski definition) is 5. The van der Waals surface area contributed by atoms with Gasteiger partial charge in [-0.2, -0.15) is 5.10 Å². The Kier molecular flexibility index (Phi) is 5.73. The van der Waals surface area contributed by atoms with Crippen molar-refractivity contribution < 1.29 is 14.3 Å². The van der Waals surface area contributed by atoms with E-state index < -0.39 is 0 Å². The molecule has 2 amide bonds. The van der Waals surface area contributed by atoms with Crippen LogP contribution in [0, 0.1) is 0 Å². The van der Waals surface area contributed by atoms with Crippen molar-refractivity contribution in [2.45, 2.75) is 31.9 Å². The third-order valence-corrected chi connectivity index (χ3v) is 3.99. The van der Waals surface area contributed by atoms with Crippen molar-refractivity contribution in [2.24, 2.45) is 0 Å². The summed E-state index contributed by atoms with van der Waals surface area (Å²) in [6.45, 7) is 1.66. The maximum atomic E-state index is 12.4. The number of nitrogens with one attached hydrogen (secondary N) is 2. The van der Waals surface area contributed by atoms with Crippen LogP contribution in [0.4, 0.5) is 5.69 Å². The topological polar surface area (TPSA) is 98.1 Å². The van der Waals surface area contributed by atoms with Gasteiger partial charge in [0.15, 0.2) is 0 Å². The van der Waals surface area contributed by atoms with E-state index in [1.807, 2.05) is 0 Å². The minimum absolute atomic E-state index is 0.0772. The fraction of sp³-hybridized carbons (Fsp3) is 0.412. The molecule has 0 spiro atoms. The quantitative estimate of drug-likeness (QED) is 0.787. The molecular weight excluding hydrogens is 322 g/mol. The van der Waals surface area contributed by atoms with Crippen molar-refractivity contribution in [1.82, 2.24) is 20.1 Å². The molecule has 0 radical (unpaired) electrons. The first kappa shape index (κ1) is 17.1. The Hall–Kier alpha value is -2.74. The summed E-state index contributed by atoms with van der Waals surface area (Å²) >= 11 is 0. The van der Waals surface area contributed by atoms with E-state index in [1.165, 1.54) is 6.33 Å². The van der Waals surface area contributed by atoms with Gasteiger partial charge in [0, 0.05) is 19.6 Å². The molecule has 0 aliphatic carbocycles. The maximum absolute atomic E-state index is 12.4. The number of anilines is 1. The number of ether oxygens (including phenoxy) is 1. The number of para-hydroxylation sites is 1. The molecule has 0 bridgehead atoms. The molecule has 1 aliphatic heterocycles. The van der Waals surface area contributed by atoms with Crippen LogP contribution in [-0.4, -0.2) is 45.8 Å². The van der Waals surface area contributed by atoms with Crippen LogP contribution < -0.4 is 10.6 Å². The standard InChI is InChI=1S/C17H21N5O3/c23-16(7-8-22-12-18-11-20-22)21-15-6-2-1-5-14(15)17(24)19-10-13-4-3-9-25-13/h1-2,5-6,11-13H,3-4,7-10H2,(H,19,24)(H,21,23). The molecule has 1 unspecified atom stereocenters. The van der Waals surface area contributed by atoms with Gasteiger partial charge in [-0.05, 0) is 25.0 Å². The predicted molar refractivity (Wildman–Crippen MR) is 91.0 cm³/mol. The lowest BCUT2D eigenvalue weighted by atomic mass is 10.1. The summed E-state index contributed by atoms with van der Waals surface area (Å²) in [5, 5.41) is 9.61. The zero-order valence-corrected chi connectivity index (χ0v) is 13.9. The lowest BCUT2D eigenvalue weighted by Crippen LogP contribution is -2.32. The van der Waals surface area contributed by atoms with Crippen molar-refractivity contribution in [2.75, 3.05) is 18.5 Å². The van der Waals surface area contributed by atoms with Crippen LogP contribution in [0.2, 0.25) is 0 Å². The van der Waals surface area contributed by atoms with Gasteiger partial charge in [0.1, 0.15) is 12.7 Å². The Morgan fingerprint density at radius 1 is 1.32 bits per heavy atom. The first-order valence-electron chi connectivity index (χ1n) is 8.33. The number of hydrogen-bond donors (Lipinski definition) is 2. The second-order valence-electron chi connectivity index (χ2n) is 5.85. The van der Waals surface area contributed by atoms with Crippen LogP contribution in [-0.2, 0) is 16.1 Å². The lowest BCUT2D eigenvalue weighted by molar-refractivity contribution is -0.116. The van der Waals surface area contributed by atoms with Crippen molar-refractivity contribution in [1.29, 1.82) is 0 Å². The molecule has 3 rings (SSSR count). The van der Waals surface area contributed by atoms with Crippen molar-refractivity contribution in [3.05, 3.63) is 42.5 Å². The minimum atomic E-state index is -0.220. The fourth-order valence-corrected chi connectivity index (χ4v) is 2.67. The number of aryl methyl sites for hydroxylation is 1. The van der Waals surface area contributed by atoms with Gasteiger partial charge in [-0.15, -0.1) is 0 Å². The first-order chi connectivity index (χ1) is 12.2. The first-order valence-corrected chi connectivity index (χ1v) is 8.33. The number of carbonyl (C=O) groups excluding carboxylic acids is 2. The van der Waals surface area contributed by atoms with Gasteiger partial charge in [-0.25, -0.2) is 4.98 Å². The highest BCUT2D eigenvalue weighted by molar-refractivity contribution is 6.03. The SMILES string of the molecule is O=C(CCn1cncn1)Nc1ccccc1C(=O)NCC1CCCO1. The molecule has 1 atom stereocenters. The van der Waals surface area contributed by atoms with E-state index >= 15 is 0 Å². The third-order valence-electron chi connectivity index (χ3n) is 3.99. The molecule has 0 saturated carbocycles. The summed E-state index contributed by atoms with van der Waals surface area (Å²) in [6, 6.07) is 6.96. The molecule has 2 N–H and O–H groups in total. The van der Waals surface area contributed by atoms with E-state index in [-0.39, 0.29) is 24.3 Å². The van der Waals surface area contributed by atoms with E-state index in [9.17, 15) is 9.59 Å². The Morgan fingerprint density at radius 2 is 2.20 bits per heavy atom. The summed E-state index contributed by atoms with van der Waals surface area (Å²) in [4.78, 5) is 28.4. The second-order valence-corrected chi connectivity index (χ2v) is 5.85. The minimum Gasteiger partial charge on any atom is -0.376 e. The van der Waals surface area contributed by atoms with Gasteiger partial charge in [0.2, 0.25) is 5.91 Å². The molecule has 1 saturated heterocycles. The monoisotopic (exact) mass is 343 g/mol. The molecule has 25 heavy (non-hydrogen) atoms. The lowest BCUT2D eigenvalue weighted by Gasteiger charge is -2.13. The van der Waals surface area contributed by atoms with Gasteiger partial charge in [0.25, 0.3) is 5.91 Å². The molecule has 2 heterocycles. The van der Waals surface area contributed by atoms with Gasteiger partial charge < -0.3 is 15.4 Å². The van der Waals surface area contributed by atoms with E-state index in [0.29, 0.717) is 24.3 Å². The van der Waals surface area contributed by atoms with Crippen molar-refractivity contribution >= 4 is 17.5 Å². The Bertz CT molecular complexity index is 711. The number of rotatable bonds is 7. The fourth-order valence-electron chi connectivity index (χ4n) is 2.67. The zero-order chi connectivity index (χ0) is 17.5. The highest BCUT2D eigenvalue weighted by Crippen LogP contribution is 2.16. The molecule has 132 valence electrons. The van der Waals surface area contributed by atoms with Crippen LogP contribution >= 0.6 is 0 Å². The second kappa shape index (κ2) is 8.39. The van der Waals surface area contributed by atoms with Gasteiger partial charge in [-0.1, -0.05) is 12.1 Å². The maximum Gasteiger partial charge on any atom is 0.253 e.